The third kappa shape index (κ3) is 15.0. The molecule has 1 rings (SSSR count). The Morgan fingerprint density at radius 2 is 1.51 bits per heavy atom. The van der Waals surface area contributed by atoms with Crippen LogP contribution in [0.2, 0.25) is 0 Å². The Labute approximate surface area is 265 Å². The third-order valence-electron chi connectivity index (χ3n) is 7.46. The molecule has 0 unspecified atom stereocenters. The van der Waals surface area contributed by atoms with Gasteiger partial charge in [-0.3, -0.25) is 28.8 Å². The van der Waals surface area contributed by atoms with Gasteiger partial charge in [0.1, 0.15) is 12.1 Å². The zero-order valence-corrected chi connectivity index (χ0v) is 27.1. The lowest BCUT2D eigenvalue weighted by molar-refractivity contribution is -0.137. The van der Waals surface area contributed by atoms with Crippen LogP contribution in [0.4, 0.5) is 0 Å². The van der Waals surface area contributed by atoms with Crippen LogP contribution >= 0.6 is 0 Å². The summed E-state index contributed by atoms with van der Waals surface area (Å²) in [7, 11) is 0. The first-order valence-corrected chi connectivity index (χ1v) is 15.6. The van der Waals surface area contributed by atoms with E-state index in [1.165, 1.54) is 0 Å². The molecule has 0 spiro atoms. The van der Waals surface area contributed by atoms with E-state index in [9.17, 15) is 33.9 Å². The molecule has 0 saturated heterocycles. The number of hydrogen-bond donors (Lipinski definition) is 7. The fraction of sp³-hybridized carbons (Fsp3) is 0.625. The smallest absolute Gasteiger partial charge is 0.303 e. The molecule has 5 amide bonds. The van der Waals surface area contributed by atoms with E-state index >= 15 is 0 Å². The molecule has 0 aliphatic carbocycles. The summed E-state index contributed by atoms with van der Waals surface area (Å²) in [6, 6.07) is 3.80. The standard InChI is InChI=1S/C32H51N5O8/c1-6-9-23(35-32(45)29(20(5)7-2)37-26(39)10-8-11-28(41)42)31(44)36-24(16-19(3)4)25(38)17-27(40)34-18-21-12-14-22(15-13-21)30(33)43/h12-15,19-20,23-25,29,38H,6-11,16-18H2,1-5H3,(H2,33,43)(H,34,40)(H,35,45)(H,36,44)(H,37,39)(H,41,42)/t20-,23-,24-,25-,29-/m0/s1. The first-order valence-electron chi connectivity index (χ1n) is 15.6. The summed E-state index contributed by atoms with van der Waals surface area (Å²) in [5, 5.41) is 30.8. The summed E-state index contributed by atoms with van der Waals surface area (Å²) in [5.74, 6) is -3.68. The van der Waals surface area contributed by atoms with Crippen LogP contribution in [0.3, 0.4) is 0 Å². The molecule has 13 nitrogen and oxygen atoms in total. The summed E-state index contributed by atoms with van der Waals surface area (Å²) in [6.45, 7) is 9.53. The number of rotatable bonds is 21. The fourth-order valence-electron chi connectivity index (χ4n) is 4.66. The topological polar surface area (TPSA) is 217 Å². The summed E-state index contributed by atoms with van der Waals surface area (Å²) in [6.07, 6.45) is 0.267. The van der Waals surface area contributed by atoms with Gasteiger partial charge in [-0.25, -0.2) is 0 Å². The quantitative estimate of drug-likeness (QED) is 0.106. The number of aliphatic carboxylic acids is 1. The highest BCUT2D eigenvalue weighted by Crippen LogP contribution is 2.14. The number of nitrogens with one attached hydrogen (secondary N) is 4. The van der Waals surface area contributed by atoms with Gasteiger partial charge in [0.2, 0.25) is 29.5 Å². The lowest BCUT2D eigenvalue weighted by Crippen LogP contribution is -2.57. The van der Waals surface area contributed by atoms with Crippen LogP contribution in [-0.2, 0) is 30.5 Å². The van der Waals surface area contributed by atoms with Gasteiger partial charge in [-0.1, -0.05) is 59.6 Å². The Hall–Kier alpha value is -4.00. The number of benzene rings is 1. The first kappa shape index (κ1) is 39.0. The van der Waals surface area contributed by atoms with Crippen LogP contribution < -0.4 is 27.0 Å². The highest BCUT2D eigenvalue weighted by Gasteiger charge is 2.32. The van der Waals surface area contributed by atoms with Crippen molar-refractivity contribution in [2.24, 2.45) is 17.6 Å². The highest BCUT2D eigenvalue weighted by atomic mass is 16.4. The molecular formula is C32H51N5O8. The molecule has 0 saturated carbocycles. The van der Waals surface area contributed by atoms with E-state index in [-0.39, 0.29) is 44.1 Å². The first-order chi connectivity index (χ1) is 21.2. The van der Waals surface area contributed by atoms with Crippen LogP contribution in [0.1, 0.15) is 102 Å². The number of aliphatic hydroxyl groups excluding tert-OH is 1. The molecule has 252 valence electrons. The van der Waals surface area contributed by atoms with Gasteiger partial charge in [0, 0.05) is 24.9 Å². The molecule has 5 atom stereocenters. The van der Waals surface area contributed by atoms with Crippen LogP contribution in [0, 0.1) is 11.8 Å². The van der Waals surface area contributed by atoms with Gasteiger partial charge in [0.15, 0.2) is 0 Å². The second-order valence-electron chi connectivity index (χ2n) is 11.9. The monoisotopic (exact) mass is 633 g/mol. The normalized spacial score (nSPS) is 14.4. The average molecular weight is 634 g/mol. The van der Waals surface area contributed by atoms with Crippen molar-refractivity contribution in [3.8, 4) is 0 Å². The number of hydrogen-bond acceptors (Lipinski definition) is 7. The Balaban J connectivity index is 2.90. The number of carbonyl (C=O) groups excluding carboxylic acids is 5. The van der Waals surface area contributed by atoms with E-state index in [0.717, 1.165) is 5.56 Å². The molecule has 1 aromatic carbocycles. The molecule has 45 heavy (non-hydrogen) atoms. The van der Waals surface area contributed by atoms with Crippen molar-refractivity contribution in [2.75, 3.05) is 0 Å². The Kier molecular flexibility index (Phi) is 17.4. The van der Waals surface area contributed by atoms with Crippen molar-refractivity contribution in [1.82, 2.24) is 21.3 Å². The van der Waals surface area contributed by atoms with Crippen LogP contribution in [0.25, 0.3) is 0 Å². The largest absolute Gasteiger partial charge is 0.481 e. The van der Waals surface area contributed by atoms with Gasteiger partial charge in [-0.05, 0) is 48.8 Å². The highest BCUT2D eigenvalue weighted by molar-refractivity contribution is 5.93. The second kappa shape index (κ2) is 20.1. The van der Waals surface area contributed by atoms with Crippen molar-refractivity contribution >= 4 is 35.5 Å². The number of amides is 5. The van der Waals surface area contributed by atoms with E-state index in [1.807, 2.05) is 27.7 Å². The third-order valence-corrected chi connectivity index (χ3v) is 7.46. The number of nitrogens with two attached hydrogens (primary N) is 1. The zero-order chi connectivity index (χ0) is 34.1. The van der Waals surface area contributed by atoms with Crippen molar-refractivity contribution in [3.05, 3.63) is 35.4 Å². The lowest BCUT2D eigenvalue weighted by Gasteiger charge is -2.29. The maximum Gasteiger partial charge on any atom is 0.303 e. The molecule has 0 heterocycles. The summed E-state index contributed by atoms with van der Waals surface area (Å²) < 4.78 is 0. The molecule has 0 aliphatic rings. The number of carbonyl (C=O) groups is 6. The van der Waals surface area contributed by atoms with Crippen LogP contribution in [0.5, 0.6) is 0 Å². The maximum atomic E-state index is 13.4. The molecule has 0 aliphatic heterocycles. The van der Waals surface area contributed by atoms with E-state index in [1.54, 1.807) is 31.2 Å². The summed E-state index contributed by atoms with van der Waals surface area (Å²) in [5.41, 5.74) is 6.33. The van der Waals surface area contributed by atoms with Gasteiger partial charge in [-0.15, -0.1) is 0 Å². The van der Waals surface area contributed by atoms with Gasteiger partial charge in [0.25, 0.3) is 0 Å². The molecule has 1 aromatic rings. The summed E-state index contributed by atoms with van der Waals surface area (Å²) in [4.78, 5) is 73.8. The minimum atomic E-state index is -1.20. The predicted octanol–water partition coefficient (Wildman–Crippen LogP) is 1.75. The molecular weight excluding hydrogens is 582 g/mol. The SMILES string of the molecule is CCC[C@H](NC(=O)[C@@H](NC(=O)CCCC(=O)O)[C@@H](C)CC)C(=O)N[C@@H](CC(C)C)[C@@H](O)CC(=O)NCc1ccc(C(N)=O)cc1. The van der Waals surface area contributed by atoms with Crippen molar-refractivity contribution in [1.29, 1.82) is 0 Å². The maximum absolute atomic E-state index is 13.4. The van der Waals surface area contributed by atoms with Crippen molar-refractivity contribution < 1.29 is 39.0 Å². The number of aliphatic hydroxyl groups is 1. The minimum Gasteiger partial charge on any atom is -0.481 e. The number of primary amides is 1. The van der Waals surface area contributed by atoms with E-state index < -0.39 is 59.7 Å². The number of carboxylic acids is 1. The van der Waals surface area contributed by atoms with Crippen LogP contribution in [0.15, 0.2) is 24.3 Å². The second-order valence-corrected chi connectivity index (χ2v) is 11.9. The van der Waals surface area contributed by atoms with E-state index in [0.29, 0.717) is 31.2 Å². The Morgan fingerprint density at radius 3 is 2.04 bits per heavy atom. The zero-order valence-electron chi connectivity index (χ0n) is 27.1. The molecule has 13 heteroatoms. The molecule has 0 radical (unpaired) electrons. The molecule has 0 fully saturated rings. The van der Waals surface area contributed by atoms with Gasteiger partial charge in [-0.2, -0.15) is 0 Å². The Bertz CT molecular complexity index is 1140. The average Bonchev–Trinajstić information content (AvgIpc) is 2.97. The van der Waals surface area contributed by atoms with Gasteiger partial charge < -0.3 is 37.2 Å². The van der Waals surface area contributed by atoms with Gasteiger partial charge in [0.05, 0.1) is 18.6 Å². The summed E-state index contributed by atoms with van der Waals surface area (Å²) >= 11 is 0. The van der Waals surface area contributed by atoms with E-state index in [2.05, 4.69) is 21.3 Å². The molecule has 8 N–H and O–H groups in total. The van der Waals surface area contributed by atoms with Crippen LogP contribution in [-0.4, -0.2) is 69.9 Å². The lowest BCUT2D eigenvalue weighted by atomic mass is 9.95. The molecule has 0 bridgehead atoms. The minimum absolute atomic E-state index is 0.0463. The van der Waals surface area contributed by atoms with Crippen molar-refractivity contribution in [3.63, 3.8) is 0 Å². The van der Waals surface area contributed by atoms with Gasteiger partial charge >= 0.3 is 5.97 Å². The predicted molar refractivity (Wildman–Crippen MR) is 169 cm³/mol. The Morgan fingerprint density at radius 1 is 0.867 bits per heavy atom. The number of carboxylic acid groups (broad SMARTS) is 1. The fourth-order valence-corrected chi connectivity index (χ4v) is 4.66. The van der Waals surface area contributed by atoms with Crippen molar-refractivity contribution in [2.45, 2.75) is 117 Å². The van der Waals surface area contributed by atoms with E-state index in [4.69, 9.17) is 10.8 Å². The molecule has 0 aromatic heterocycles.